The van der Waals surface area contributed by atoms with E-state index in [0.717, 1.165) is 0 Å². The molecule has 0 saturated carbocycles. The van der Waals surface area contributed by atoms with Gasteiger partial charge in [0.1, 0.15) is 0 Å². The molecule has 3 heteroatoms. The van der Waals surface area contributed by atoms with Crippen LogP contribution >= 0.6 is 0 Å². The van der Waals surface area contributed by atoms with E-state index in [2.05, 4.69) is 5.98 Å². The summed E-state index contributed by atoms with van der Waals surface area (Å²) < 4.78 is 0. The molecule has 31 valence electrons. The van der Waals surface area contributed by atoms with Crippen LogP contribution in [0.5, 0.6) is 0 Å². The second kappa shape index (κ2) is 3.97. The fraction of sp³-hybridized carbons (Fsp3) is 0. The fourth-order valence-electron chi connectivity index (χ4n) is 0.400. The van der Waals surface area contributed by atoms with Crippen molar-refractivity contribution in [3.8, 4) is 6.07 Å². The van der Waals surface area contributed by atoms with E-state index in [0.29, 0.717) is 5.57 Å². The molecule has 0 aliphatic carbocycles. The average Bonchev–Trinajstić information content (AvgIpc) is 2.14. The SMILES string of the molecule is N#CC1=[C-][B]C=C1.[Na+]. The molecule has 1 radical (unpaired) electrons. The molecule has 0 aromatic carbocycles. The average molecular weight is 110 g/mol. The number of rotatable bonds is 0. The molecule has 1 aliphatic rings. The molecular weight excluding hydrogens is 108 g/mol. The fourth-order valence-corrected chi connectivity index (χ4v) is 0.400. The van der Waals surface area contributed by atoms with Crippen molar-refractivity contribution >= 4 is 7.28 Å². The molecule has 0 spiro atoms. The molecule has 0 unspecified atom stereocenters. The summed E-state index contributed by atoms with van der Waals surface area (Å²) in [4.78, 5) is 0. The van der Waals surface area contributed by atoms with Gasteiger partial charge in [0.2, 0.25) is 0 Å². The molecule has 0 atom stereocenters. The summed E-state index contributed by atoms with van der Waals surface area (Å²) in [5, 5.41) is 8.15. The van der Waals surface area contributed by atoms with Crippen molar-refractivity contribution in [1.82, 2.24) is 0 Å². The van der Waals surface area contributed by atoms with Gasteiger partial charge in [-0.2, -0.15) is 12.1 Å². The number of nitriles is 1. The summed E-state index contributed by atoms with van der Waals surface area (Å²) in [7, 11) is 1.72. The van der Waals surface area contributed by atoms with Crippen LogP contribution in [0.25, 0.3) is 0 Å². The first-order chi connectivity index (χ1) is 3.43. The molecule has 0 amide bonds. The number of allylic oxidation sites excluding steroid dienone is 2. The predicted molar refractivity (Wildman–Crippen MR) is 27.3 cm³/mol. The van der Waals surface area contributed by atoms with E-state index in [1.165, 1.54) is 0 Å². The van der Waals surface area contributed by atoms with Gasteiger partial charge in [0.25, 0.3) is 0 Å². The predicted octanol–water partition coefficient (Wildman–Crippen LogP) is -2.57. The second-order valence-corrected chi connectivity index (χ2v) is 1.20. The van der Waals surface area contributed by atoms with Gasteiger partial charge in [0, 0.05) is 0 Å². The van der Waals surface area contributed by atoms with Gasteiger partial charge >= 0.3 is 29.6 Å². The third-order valence-corrected chi connectivity index (χ3v) is 0.718. The Morgan fingerprint density at radius 1 is 1.75 bits per heavy atom. The van der Waals surface area contributed by atoms with Crippen LogP contribution in [0, 0.1) is 17.3 Å². The zero-order valence-electron chi connectivity index (χ0n) is 4.68. The van der Waals surface area contributed by atoms with Crippen LogP contribution in [-0.4, -0.2) is 7.28 Å². The minimum absolute atomic E-state index is 0. The van der Waals surface area contributed by atoms with Crippen LogP contribution in [0.2, 0.25) is 0 Å². The van der Waals surface area contributed by atoms with Crippen LogP contribution in [0.15, 0.2) is 17.6 Å². The number of nitrogens with zero attached hydrogens (tertiary/aromatic N) is 1. The van der Waals surface area contributed by atoms with Crippen molar-refractivity contribution in [3.63, 3.8) is 0 Å². The quantitative estimate of drug-likeness (QED) is 0.248. The Kier molecular flexibility index (Phi) is 3.99. The Balaban J connectivity index is 0.000000490. The maximum atomic E-state index is 8.15. The van der Waals surface area contributed by atoms with Crippen LogP contribution in [0.3, 0.4) is 0 Å². The van der Waals surface area contributed by atoms with Crippen molar-refractivity contribution in [1.29, 1.82) is 5.26 Å². The molecular formula is C5H2BNNa. The van der Waals surface area contributed by atoms with Crippen LogP contribution < -0.4 is 29.6 Å². The first-order valence-corrected chi connectivity index (χ1v) is 1.97. The smallest absolute Gasteiger partial charge is 0.285 e. The first kappa shape index (κ1) is 8.03. The molecule has 1 heterocycles. The first-order valence-electron chi connectivity index (χ1n) is 1.97. The standard InChI is InChI=1S/C5H2BN.Na/c7-4-5-1-2-6-3-5;/h1-2H;/q-1;+1. The third kappa shape index (κ3) is 1.87. The van der Waals surface area contributed by atoms with Crippen molar-refractivity contribution < 1.29 is 29.6 Å². The van der Waals surface area contributed by atoms with Gasteiger partial charge in [-0.1, -0.05) is 6.07 Å². The minimum Gasteiger partial charge on any atom is -0.285 e. The zero-order valence-corrected chi connectivity index (χ0v) is 6.68. The Bertz CT molecular complexity index is 166. The molecule has 1 rings (SSSR count). The van der Waals surface area contributed by atoms with Gasteiger partial charge < -0.3 is 0 Å². The van der Waals surface area contributed by atoms with E-state index >= 15 is 0 Å². The molecule has 1 aliphatic heterocycles. The van der Waals surface area contributed by atoms with E-state index in [-0.39, 0.29) is 29.6 Å². The summed E-state index contributed by atoms with van der Waals surface area (Å²) in [6.07, 6.45) is 1.72. The summed E-state index contributed by atoms with van der Waals surface area (Å²) in [6, 6.07) is 1.95. The zero-order chi connectivity index (χ0) is 5.11. The maximum Gasteiger partial charge on any atom is 1.00 e. The molecule has 0 N–H and O–H groups in total. The molecule has 1 nitrogen and oxygen atoms in total. The number of hydrogen-bond acceptors (Lipinski definition) is 1. The van der Waals surface area contributed by atoms with Crippen molar-refractivity contribution in [2.45, 2.75) is 0 Å². The molecule has 0 fully saturated rings. The Labute approximate surface area is 71.6 Å². The molecule has 8 heavy (non-hydrogen) atoms. The van der Waals surface area contributed by atoms with Crippen molar-refractivity contribution in [3.05, 3.63) is 23.6 Å². The van der Waals surface area contributed by atoms with Gasteiger partial charge in [-0.05, 0) is 0 Å². The minimum atomic E-state index is 0. The third-order valence-electron chi connectivity index (χ3n) is 0.718. The Hall–Kier alpha value is 0.0349. The molecule has 0 saturated heterocycles. The van der Waals surface area contributed by atoms with Gasteiger partial charge in [-0.3, -0.25) is 5.26 Å². The summed E-state index contributed by atoms with van der Waals surface area (Å²) in [6.45, 7) is 0. The van der Waals surface area contributed by atoms with Crippen LogP contribution in [-0.2, 0) is 0 Å². The molecule has 0 aromatic rings. The van der Waals surface area contributed by atoms with E-state index in [9.17, 15) is 0 Å². The van der Waals surface area contributed by atoms with Gasteiger partial charge in [-0.25, -0.2) is 5.98 Å². The van der Waals surface area contributed by atoms with E-state index in [1.54, 1.807) is 19.3 Å². The van der Waals surface area contributed by atoms with Gasteiger partial charge in [0.05, 0.1) is 7.28 Å². The summed E-state index contributed by atoms with van der Waals surface area (Å²) in [5.74, 6) is 4.52. The molecule has 0 bridgehead atoms. The van der Waals surface area contributed by atoms with Crippen LogP contribution in [0.1, 0.15) is 0 Å². The topological polar surface area (TPSA) is 23.8 Å². The van der Waals surface area contributed by atoms with Crippen LogP contribution in [0.4, 0.5) is 0 Å². The normalized spacial score (nSPS) is 13.1. The maximum absolute atomic E-state index is 8.15. The van der Waals surface area contributed by atoms with E-state index in [4.69, 9.17) is 5.26 Å². The summed E-state index contributed by atoms with van der Waals surface area (Å²) in [5.41, 5.74) is 0.611. The monoisotopic (exact) mass is 110 g/mol. The largest absolute Gasteiger partial charge is 1.00 e. The van der Waals surface area contributed by atoms with Crippen molar-refractivity contribution in [2.24, 2.45) is 0 Å². The van der Waals surface area contributed by atoms with Crippen molar-refractivity contribution in [2.75, 3.05) is 0 Å². The summed E-state index contributed by atoms with van der Waals surface area (Å²) >= 11 is 0. The Morgan fingerprint density at radius 2 is 2.50 bits per heavy atom. The van der Waals surface area contributed by atoms with E-state index in [1.807, 2.05) is 6.07 Å². The van der Waals surface area contributed by atoms with Gasteiger partial charge in [-0.15, -0.1) is 5.57 Å². The van der Waals surface area contributed by atoms with Gasteiger partial charge in [0.15, 0.2) is 0 Å². The molecule has 0 aromatic heterocycles. The number of hydrogen-bond donors (Lipinski definition) is 0. The Morgan fingerprint density at radius 3 is 2.75 bits per heavy atom. The van der Waals surface area contributed by atoms with E-state index < -0.39 is 0 Å². The second-order valence-electron chi connectivity index (χ2n) is 1.20.